The molecule has 0 aromatic carbocycles. The van der Waals surface area contributed by atoms with E-state index in [1.165, 1.54) is 6.92 Å². The third-order valence-electron chi connectivity index (χ3n) is 3.86. The van der Waals surface area contributed by atoms with Crippen LogP contribution in [0, 0.1) is 0 Å². The topological polar surface area (TPSA) is 90.6 Å². The van der Waals surface area contributed by atoms with Crippen LogP contribution >= 0.6 is 0 Å². The van der Waals surface area contributed by atoms with Gasteiger partial charge in [-0.3, -0.25) is 9.69 Å². The van der Waals surface area contributed by atoms with Crippen LogP contribution in [0.3, 0.4) is 0 Å². The van der Waals surface area contributed by atoms with Crippen LogP contribution in [0.25, 0.3) is 0 Å². The maximum Gasteiger partial charge on any atom is 0.216 e. The third-order valence-corrected chi connectivity index (χ3v) is 3.86. The second-order valence-electron chi connectivity index (χ2n) is 6.04. The van der Waals surface area contributed by atoms with Crippen molar-refractivity contribution in [1.82, 2.24) is 19.8 Å². The van der Waals surface area contributed by atoms with E-state index in [1.807, 2.05) is 11.1 Å². The van der Waals surface area contributed by atoms with Crippen molar-refractivity contribution in [2.45, 2.75) is 45.1 Å². The lowest BCUT2D eigenvalue weighted by atomic mass is 10.0. The van der Waals surface area contributed by atoms with Gasteiger partial charge in [-0.1, -0.05) is 0 Å². The molecule has 1 saturated heterocycles. The zero-order valence-electron chi connectivity index (χ0n) is 12.8. The highest BCUT2D eigenvalue weighted by atomic mass is 16.3. The van der Waals surface area contributed by atoms with Crippen molar-refractivity contribution in [2.24, 2.45) is 0 Å². The summed E-state index contributed by atoms with van der Waals surface area (Å²) in [6, 6.07) is 0.313. The molecule has 0 saturated carbocycles. The zero-order chi connectivity index (χ0) is 15.6. The fourth-order valence-electron chi connectivity index (χ4n) is 2.68. The summed E-state index contributed by atoms with van der Waals surface area (Å²) in [5, 5.41) is 23.1. The summed E-state index contributed by atoms with van der Waals surface area (Å²) in [6.45, 7) is 6.83. The van der Waals surface area contributed by atoms with Crippen LogP contribution in [0.4, 0.5) is 0 Å². The van der Waals surface area contributed by atoms with Gasteiger partial charge in [0.05, 0.1) is 19.2 Å². The Bertz CT molecular complexity index is 502. The van der Waals surface area contributed by atoms with E-state index >= 15 is 0 Å². The quantitative estimate of drug-likeness (QED) is 0.682. The summed E-state index contributed by atoms with van der Waals surface area (Å²) in [7, 11) is 0. The first-order valence-electron chi connectivity index (χ1n) is 7.21. The van der Waals surface area contributed by atoms with Gasteiger partial charge in [0.25, 0.3) is 0 Å². The summed E-state index contributed by atoms with van der Waals surface area (Å²) in [6.07, 6.45) is 2.80. The van der Waals surface area contributed by atoms with Crippen LogP contribution in [-0.4, -0.2) is 61.9 Å². The Morgan fingerprint density at radius 3 is 2.95 bits per heavy atom. The standard InChI is InChI=1S/C14H24N4O3/c1-10(2)18-5-4-15-13(18)7-17-6-12(20)14(21,9-17)8-16-11(3)19/h4-5,10,12,20-21H,6-9H2,1-3H3,(H,16,19)/t12-,14+/m1/s1. The summed E-state index contributed by atoms with van der Waals surface area (Å²) >= 11 is 0. The lowest BCUT2D eigenvalue weighted by Gasteiger charge is -2.26. The van der Waals surface area contributed by atoms with Crippen LogP contribution < -0.4 is 5.32 Å². The molecule has 1 aliphatic heterocycles. The van der Waals surface area contributed by atoms with Crippen molar-refractivity contribution in [3.63, 3.8) is 0 Å². The van der Waals surface area contributed by atoms with E-state index in [2.05, 4.69) is 28.7 Å². The molecule has 1 aromatic heterocycles. The number of aromatic nitrogens is 2. The number of aliphatic hydroxyl groups is 2. The number of imidazole rings is 1. The van der Waals surface area contributed by atoms with E-state index in [1.54, 1.807) is 6.20 Å². The Balaban J connectivity index is 2.00. The van der Waals surface area contributed by atoms with Crippen molar-refractivity contribution >= 4 is 5.91 Å². The number of nitrogens with zero attached hydrogens (tertiary/aromatic N) is 3. The fraction of sp³-hybridized carbons (Fsp3) is 0.714. The van der Waals surface area contributed by atoms with Gasteiger partial charge in [-0.2, -0.15) is 0 Å². The average molecular weight is 296 g/mol. The van der Waals surface area contributed by atoms with Gasteiger partial charge in [-0.05, 0) is 13.8 Å². The van der Waals surface area contributed by atoms with E-state index in [-0.39, 0.29) is 12.5 Å². The maximum absolute atomic E-state index is 11.0. The first-order valence-corrected chi connectivity index (χ1v) is 7.21. The summed E-state index contributed by atoms with van der Waals surface area (Å²) in [4.78, 5) is 17.3. The second-order valence-corrected chi connectivity index (χ2v) is 6.04. The number of hydrogen-bond acceptors (Lipinski definition) is 5. The molecule has 3 N–H and O–H groups in total. The molecule has 2 atom stereocenters. The van der Waals surface area contributed by atoms with Gasteiger partial charge in [-0.15, -0.1) is 0 Å². The fourth-order valence-corrected chi connectivity index (χ4v) is 2.68. The SMILES string of the molecule is CC(=O)NC[C@]1(O)CN(Cc2nccn2C(C)C)C[C@H]1O. The molecule has 7 nitrogen and oxygen atoms in total. The third kappa shape index (κ3) is 3.61. The largest absolute Gasteiger partial charge is 0.389 e. The van der Waals surface area contributed by atoms with E-state index in [0.29, 0.717) is 25.7 Å². The lowest BCUT2D eigenvalue weighted by Crippen LogP contribution is -2.51. The van der Waals surface area contributed by atoms with Gasteiger partial charge in [0.15, 0.2) is 0 Å². The Hall–Kier alpha value is -1.44. The molecule has 118 valence electrons. The number of β-amino-alcohol motifs (C(OH)–C–C–N with tert-alkyl or cyclic N) is 2. The van der Waals surface area contributed by atoms with E-state index in [9.17, 15) is 15.0 Å². The normalized spacial score (nSPS) is 26.5. The van der Waals surface area contributed by atoms with Crippen LogP contribution in [0.1, 0.15) is 32.6 Å². The molecule has 0 aliphatic carbocycles. The Morgan fingerprint density at radius 2 is 2.33 bits per heavy atom. The van der Waals surface area contributed by atoms with Crippen LogP contribution in [0.2, 0.25) is 0 Å². The Kier molecular flexibility index (Phi) is 4.65. The Morgan fingerprint density at radius 1 is 1.62 bits per heavy atom. The number of nitrogens with one attached hydrogen (secondary N) is 1. The number of likely N-dealkylation sites (tertiary alicyclic amines) is 1. The van der Waals surface area contributed by atoms with Crippen molar-refractivity contribution in [1.29, 1.82) is 0 Å². The summed E-state index contributed by atoms with van der Waals surface area (Å²) in [5.41, 5.74) is -1.30. The molecular weight excluding hydrogens is 272 g/mol. The minimum absolute atomic E-state index is 0.0542. The van der Waals surface area contributed by atoms with Gasteiger partial charge >= 0.3 is 0 Å². The molecular formula is C14H24N4O3. The Labute approximate surface area is 124 Å². The van der Waals surface area contributed by atoms with Gasteiger partial charge in [0.2, 0.25) is 5.91 Å². The first-order chi connectivity index (χ1) is 9.82. The minimum atomic E-state index is -1.30. The molecule has 2 rings (SSSR count). The molecule has 1 aliphatic rings. The molecule has 7 heteroatoms. The smallest absolute Gasteiger partial charge is 0.216 e. The second kappa shape index (κ2) is 6.13. The average Bonchev–Trinajstić information content (AvgIpc) is 2.94. The highest BCUT2D eigenvalue weighted by Crippen LogP contribution is 2.23. The van der Waals surface area contributed by atoms with E-state index in [0.717, 1.165) is 5.82 Å². The maximum atomic E-state index is 11.0. The summed E-state index contributed by atoms with van der Waals surface area (Å²) < 4.78 is 2.07. The lowest BCUT2D eigenvalue weighted by molar-refractivity contribution is -0.121. The number of aliphatic hydroxyl groups excluding tert-OH is 1. The van der Waals surface area contributed by atoms with Crippen molar-refractivity contribution in [3.8, 4) is 0 Å². The van der Waals surface area contributed by atoms with Crippen molar-refractivity contribution in [3.05, 3.63) is 18.2 Å². The highest BCUT2D eigenvalue weighted by Gasteiger charge is 2.44. The van der Waals surface area contributed by atoms with Crippen LogP contribution in [0.15, 0.2) is 12.4 Å². The van der Waals surface area contributed by atoms with Crippen molar-refractivity contribution < 1.29 is 15.0 Å². The number of rotatable bonds is 5. The predicted octanol–water partition coefficient (Wildman–Crippen LogP) is -0.492. The zero-order valence-corrected chi connectivity index (χ0v) is 12.8. The molecule has 1 amide bonds. The number of carbonyl (C=O) groups excluding carboxylic acids is 1. The molecule has 0 unspecified atom stereocenters. The molecule has 2 heterocycles. The molecule has 1 fully saturated rings. The van der Waals surface area contributed by atoms with Crippen LogP contribution in [0.5, 0.6) is 0 Å². The first kappa shape index (κ1) is 15.9. The predicted molar refractivity (Wildman–Crippen MR) is 77.5 cm³/mol. The molecule has 1 aromatic rings. The minimum Gasteiger partial charge on any atom is -0.389 e. The van der Waals surface area contributed by atoms with E-state index < -0.39 is 11.7 Å². The van der Waals surface area contributed by atoms with Gasteiger partial charge in [0.1, 0.15) is 11.4 Å². The number of amides is 1. The number of carbonyl (C=O) groups is 1. The summed E-state index contributed by atoms with van der Waals surface area (Å²) in [5.74, 6) is 0.686. The molecule has 21 heavy (non-hydrogen) atoms. The molecule has 0 spiro atoms. The van der Waals surface area contributed by atoms with Crippen LogP contribution in [-0.2, 0) is 11.3 Å². The van der Waals surface area contributed by atoms with Crippen molar-refractivity contribution in [2.75, 3.05) is 19.6 Å². The van der Waals surface area contributed by atoms with E-state index in [4.69, 9.17) is 0 Å². The molecule has 0 radical (unpaired) electrons. The highest BCUT2D eigenvalue weighted by molar-refractivity contribution is 5.72. The molecule has 0 bridgehead atoms. The number of hydrogen-bond donors (Lipinski definition) is 3. The van der Waals surface area contributed by atoms with Gasteiger partial charge in [-0.25, -0.2) is 4.98 Å². The monoisotopic (exact) mass is 296 g/mol. The van der Waals surface area contributed by atoms with Gasteiger partial charge in [0, 0.05) is 38.4 Å². The van der Waals surface area contributed by atoms with Gasteiger partial charge < -0.3 is 20.1 Å².